The number of nitrogens with one attached hydrogen (secondary N) is 1. The van der Waals surface area contributed by atoms with Gasteiger partial charge in [-0.3, -0.25) is 9.71 Å². The highest BCUT2D eigenvalue weighted by molar-refractivity contribution is 7.92. The van der Waals surface area contributed by atoms with Gasteiger partial charge in [0.25, 0.3) is 10.0 Å². The number of nitrogens with zero attached hydrogens (tertiary/aromatic N) is 3. The molecule has 0 unspecified atom stereocenters. The van der Waals surface area contributed by atoms with Crippen LogP contribution >= 0.6 is 11.6 Å². The summed E-state index contributed by atoms with van der Waals surface area (Å²) >= 11 is 6.05. The van der Waals surface area contributed by atoms with E-state index in [2.05, 4.69) is 19.8 Å². The molecule has 0 aliphatic carbocycles. The first-order valence-electron chi connectivity index (χ1n) is 9.24. The van der Waals surface area contributed by atoms with Crippen LogP contribution in [0.1, 0.15) is 37.6 Å². The van der Waals surface area contributed by atoms with Crippen molar-refractivity contribution >= 4 is 38.8 Å². The number of benzene rings is 1. The lowest BCUT2D eigenvalue weighted by atomic mass is 9.87. The number of hydrogen-bond acceptors (Lipinski definition) is 7. The van der Waals surface area contributed by atoms with E-state index in [0.29, 0.717) is 5.56 Å². The van der Waals surface area contributed by atoms with E-state index >= 15 is 0 Å². The number of nitrogens with two attached hydrogens (primary N) is 1. The average molecular weight is 460 g/mol. The SMILES string of the molecule is CC(C)(C)c1ccc(S(=O)(=O)Nc2cc(Cl)cnc2C(=NO)c2ccc(N)nc2)cc1. The highest BCUT2D eigenvalue weighted by atomic mass is 35.5. The summed E-state index contributed by atoms with van der Waals surface area (Å²) in [6, 6.07) is 11.1. The summed E-state index contributed by atoms with van der Waals surface area (Å²) in [7, 11) is -3.97. The minimum atomic E-state index is -3.97. The Balaban J connectivity index is 2.01. The average Bonchev–Trinajstić information content (AvgIpc) is 2.70. The standard InChI is InChI=1S/C21H22ClN5O3S/c1-21(2,3)14-5-7-16(8-6-14)31(29,30)27-17-10-15(22)12-25-20(17)19(26-28)13-4-9-18(23)24-11-13/h4-12,27-28H,1-3H3,(H2,23,24). The van der Waals surface area contributed by atoms with E-state index < -0.39 is 10.0 Å². The van der Waals surface area contributed by atoms with Crippen LogP contribution in [0.5, 0.6) is 0 Å². The second kappa shape index (κ2) is 8.52. The van der Waals surface area contributed by atoms with Gasteiger partial charge in [-0.15, -0.1) is 0 Å². The minimum Gasteiger partial charge on any atom is -0.410 e. The molecule has 10 heteroatoms. The lowest BCUT2D eigenvalue weighted by Crippen LogP contribution is -2.18. The molecule has 162 valence electrons. The number of pyridine rings is 2. The third-order valence-electron chi connectivity index (χ3n) is 4.51. The van der Waals surface area contributed by atoms with Crippen LogP contribution in [0.25, 0.3) is 0 Å². The summed E-state index contributed by atoms with van der Waals surface area (Å²) in [5.74, 6) is 0.282. The molecule has 0 atom stereocenters. The zero-order valence-corrected chi connectivity index (χ0v) is 18.7. The van der Waals surface area contributed by atoms with Crippen LogP contribution in [0.3, 0.4) is 0 Å². The normalized spacial score (nSPS) is 12.6. The highest BCUT2D eigenvalue weighted by Gasteiger charge is 2.22. The van der Waals surface area contributed by atoms with Gasteiger partial charge in [-0.1, -0.05) is 49.7 Å². The van der Waals surface area contributed by atoms with Gasteiger partial charge in [-0.2, -0.15) is 0 Å². The first kappa shape index (κ1) is 22.5. The Morgan fingerprint density at radius 1 is 1.10 bits per heavy atom. The number of anilines is 2. The topological polar surface area (TPSA) is 131 Å². The molecule has 0 saturated carbocycles. The second-order valence-electron chi connectivity index (χ2n) is 7.85. The fourth-order valence-corrected chi connectivity index (χ4v) is 4.05. The van der Waals surface area contributed by atoms with Crippen molar-refractivity contribution in [3.8, 4) is 0 Å². The molecule has 3 rings (SSSR count). The zero-order valence-electron chi connectivity index (χ0n) is 17.2. The van der Waals surface area contributed by atoms with Gasteiger partial charge in [0, 0.05) is 18.0 Å². The van der Waals surface area contributed by atoms with Crippen molar-refractivity contribution < 1.29 is 13.6 Å². The molecule has 2 aromatic heterocycles. The summed E-state index contributed by atoms with van der Waals surface area (Å²) in [6.45, 7) is 6.13. The molecule has 0 fully saturated rings. The van der Waals surface area contributed by atoms with E-state index in [4.69, 9.17) is 17.3 Å². The van der Waals surface area contributed by atoms with Gasteiger partial charge in [-0.05, 0) is 41.3 Å². The van der Waals surface area contributed by atoms with Crippen LogP contribution in [0.15, 0.2) is 64.9 Å². The molecule has 3 aromatic rings. The summed E-state index contributed by atoms with van der Waals surface area (Å²) in [5, 5.41) is 13.1. The Morgan fingerprint density at radius 3 is 2.32 bits per heavy atom. The van der Waals surface area contributed by atoms with Gasteiger partial charge in [0.15, 0.2) is 0 Å². The van der Waals surface area contributed by atoms with Crippen molar-refractivity contribution in [2.75, 3.05) is 10.5 Å². The Labute approximate surface area is 185 Å². The molecule has 8 nitrogen and oxygen atoms in total. The Morgan fingerprint density at radius 2 is 1.77 bits per heavy atom. The second-order valence-corrected chi connectivity index (χ2v) is 9.97. The fraction of sp³-hybridized carbons (Fsp3) is 0.190. The quantitative estimate of drug-likeness (QED) is 0.300. The lowest BCUT2D eigenvalue weighted by Gasteiger charge is -2.19. The smallest absolute Gasteiger partial charge is 0.261 e. The zero-order chi connectivity index (χ0) is 22.8. The molecule has 0 aliphatic rings. The number of halogens is 1. The number of aromatic nitrogens is 2. The van der Waals surface area contributed by atoms with Crippen LogP contribution in [-0.4, -0.2) is 29.3 Å². The Bertz CT molecular complexity index is 1220. The molecule has 0 spiro atoms. The maximum atomic E-state index is 13.0. The van der Waals surface area contributed by atoms with E-state index in [1.807, 2.05) is 20.8 Å². The van der Waals surface area contributed by atoms with Gasteiger partial charge < -0.3 is 10.9 Å². The lowest BCUT2D eigenvalue weighted by molar-refractivity contribution is 0.319. The van der Waals surface area contributed by atoms with Crippen molar-refractivity contribution in [3.63, 3.8) is 0 Å². The molecule has 4 N–H and O–H groups in total. The van der Waals surface area contributed by atoms with E-state index in [0.717, 1.165) is 5.56 Å². The predicted octanol–water partition coefficient (Wildman–Crippen LogP) is 4.04. The van der Waals surface area contributed by atoms with E-state index in [-0.39, 0.29) is 38.2 Å². The van der Waals surface area contributed by atoms with Crippen molar-refractivity contribution in [3.05, 3.63) is 76.7 Å². The largest absolute Gasteiger partial charge is 0.410 e. The van der Waals surface area contributed by atoms with Gasteiger partial charge in [0.2, 0.25) is 0 Å². The van der Waals surface area contributed by atoms with Gasteiger partial charge in [0.05, 0.1) is 15.6 Å². The molecular formula is C21H22ClN5O3S. The maximum absolute atomic E-state index is 13.0. The summed E-state index contributed by atoms with van der Waals surface area (Å²) in [4.78, 5) is 8.20. The summed E-state index contributed by atoms with van der Waals surface area (Å²) in [5.41, 5.74) is 7.02. The molecular weight excluding hydrogens is 438 g/mol. The number of rotatable bonds is 5. The fourth-order valence-electron chi connectivity index (χ4n) is 2.83. The van der Waals surface area contributed by atoms with E-state index in [9.17, 15) is 13.6 Å². The highest BCUT2D eigenvalue weighted by Crippen LogP contribution is 2.27. The molecule has 0 amide bonds. The van der Waals surface area contributed by atoms with Crippen molar-refractivity contribution in [2.24, 2.45) is 5.16 Å². The molecule has 2 heterocycles. The van der Waals surface area contributed by atoms with Crippen molar-refractivity contribution in [2.45, 2.75) is 31.1 Å². The monoisotopic (exact) mass is 459 g/mol. The van der Waals surface area contributed by atoms with Crippen LogP contribution < -0.4 is 10.5 Å². The maximum Gasteiger partial charge on any atom is 0.261 e. The molecule has 0 saturated heterocycles. The van der Waals surface area contributed by atoms with Gasteiger partial charge >= 0.3 is 0 Å². The van der Waals surface area contributed by atoms with Crippen LogP contribution in [0.4, 0.5) is 11.5 Å². The van der Waals surface area contributed by atoms with Gasteiger partial charge in [-0.25, -0.2) is 13.4 Å². The van der Waals surface area contributed by atoms with E-state index in [1.54, 1.807) is 18.2 Å². The first-order chi connectivity index (χ1) is 14.5. The third kappa shape index (κ3) is 5.12. The first-order valence-corrected chi connectivity index (χ1v) is 11.1. The van der Waals surface area contributed by atoms with Crippen molar-refractivity contribution in [1.82, 2.24) is 9.97 Å². The van der Waals surface area contributed by atoms with Crippen LogP contribution in [0.2, 0.25) is 5.02 Å². The van der Waals surface area contributed by atoms with Gasteiger partial charge in [0.1, 0.15) is 17.2 Å². The molecule has 0 bridgehead atoms. The van der Waals surface area contributed by atoms with Crippen molar-refractivity contribution in [1.29, 1.82) is 0 Å². The summed E-state index contributed by atoms with van der Waals surface area (Å²) in [6.07, 6.45) is 2.72. The number of nitrogen functional groups attached to an aromatic ring is 1. The molecule has 1 aromatic carbocycles. The number of oxime groups is 1. The Hall–Kier alpha value is -3.17. The molecule has 0 aliphatic heterocycles. The molecule has 0 radical (unpaired) electrons. The number of sulfonamides is 1. The van der Waals surface area contributed by atoms with Crippen LogP contribution in [-0.2, 0) is 15.4 Å². The third-order valence-corrected chi connectivity index (χ3v) is 6.10. The Kier molecular flexibility index (Phi) is 6.19. The molecule has 31 heavy (non-hydrogen) atoms. The van der Waals surface area contributed by atoms with Crippen LogP contribution in [0, 0.1) is 0 Å². The summed E-state index contributed by atoms with van der Waals surface area (Å²) < 4.78 is 28.5. The predicted molar refractivity (Wildman–Crippen MR) is 121 cm³/mol. The minimum absolute atomic E-state index is 0.00458. The number of hydrogen-bond donors (Lipinski definition) is 3. The van der Waals surface area contributed by atoms with E-state index in [1.165, 1.54) is 36.7 Å².